The lowest BCUT2D eigenvalue weighted by Gasteiger charge is -2.20. The average Bonchev–Trinajstić information content (AvgIpc) is 2.30. The number of sulfonamides is 1. The van der Waals surface area contributed by atoms with Crippen LogP contribution in [0.5, 0.6) is 0 Å². The van der Waals surface area contributed by atoms with Crippen molar-refractivity contribution in [2.75, 3.05) is 13.2 Å². The van der Waals surface area contributed by atoms with Crippen LogP contribution in [-0.4, -0.2) is 37.4 Å². The van der Waals surface area contributed by atoms with Crippen molar-refractivity contribution >= 4 is 10.0 Å². The van der Waals surface area contributed by atoms with Gasteiger partial charge in [0, 0.05) is 6.54 Å². The van der Waals surface area contributed by atoms with Gasteiger partial charge < -0.3 is 10.2 Å². The molecule has 5 nitrogen and oxygen atoms in total. The molecular formula is C10H13F2NO4S. The van der Waals surface area contributed by atoms with Crippen molar-refractivity contribution in [3.8, 4) is 0 Å². The largest absolute Gasteiger partial charge is 0.393 e. The predicted molar refractivity (Wildman–Crippen MR) is 59.3 cm³/mol. The van der Waals surface area contributed by atoms with Gasteiger partial charge in [0.15, 0.2) is 11.6 Å². The maximum atomic E-state index is 12.9. The van der Waals surface area contributed by atoms with Crippen LogP contribution in [0.1, 0.15) is 6.92 Å². The lowest BCUT2D eigenvalue weighted by molar-refractivity contribution is 0.00681. The van der Waals surface area contributed by atoms with Crippen molar-refractivity contribution in [3.05, 3.63) is 29.8 Å². The summed E-state index contributed by atoms with van der Waals surface area (Å²) in [4.78, 5) is -0.463. The molecule has 0 heterocycles. The fraction of sp³-hybridized carbons (Fsp3) is 0.400. The highest BCUT2D eigenvalue weighted by Gasteiger charge is 2.23. The first-order valence-electron chi connectivity index (χ1n) is 4.96. The van der Waals surface area contributed by atoms with Gasteiger partial charge in [-0.15, -0.1) is 0 Å². The van der Waals surface area contributed by atoms with Gasteiger partial charge in [-0.2, -0.15) is 0 Å². The fourth-order valence-corrected chi connectivity index (χ4v) is 2.21. The summed E-state index contributed by atoms with van der Waals surface area (Å²) in [5.74, 6) is -2.44. The molecule has 0 saturated heterocycles. The Morgan fingerprint density at radius 1 is 1.33 bits per heavy atom. The minimum absolute atomic E-state index is 0.454. The summed E-state index contributed by atoms with van der Waals surface area (Å²) in [6.07, 6.45) is 0. The van der Waals surface area contributed by atoms with Crippen LogP contribution in [0.3, 0.4) is 0 Å². The second-order valence-electron chi connectivity index (χ2n) is 4.06. The summed E-state index contributed by atoms with van der Waals surface area (Å²) in [7, 11) is -4.07. The summed E-state index contributed by atoms with van der Waals surface area (Å²) in [6, 6.07) is 2.12. The minimum Gasteiger partial charge on any atom is -0.393 e. The van der Waals surface area contributed by atoms with Crippen molar-refractivity contribution in [3.63, 3.8) is 0 Å². The molecule has 8 heteroatoms. The fourth-order valence-electron chi connectivity index (χ4n) is 1.03. The first-order chi connectivity index (χ1) is 8.18. The monoisotopic (exact) mass is 281 g/mol. The van der Waals surface area contributed by atoms with Crippen LogP contribution in [-0.2, 0) is 10.0 Å². The van der Waals surface area contributed by atoms with Gasteiger partial charge in [-0.05, 0) is 25.1 Å². The molecule has 18 heavy (non-hydrogen) atoms. The molecular weight excluding hydrogens is 268 g/mol. The Labute approximate surface area is 103 Å². The first kappa shape index (κ1) is 15.0. The van der Waals surface area contributed by atoms with Gasteiger partial charge in [0.05, 0.1) is 17.1 Å². The van der Waals surface area contributed by atoms with Crippen LogP contribution in [0.4, 0.5) is 8.78 Å². The van der Waals surface area contributed by atoms with Crippen LogP contribution >= 0.6 is 0 Å². The topological polar surface area (TPSA) is 86.6 Å². The van der Waals surface area contributed by atoms with Gasteiger partial charge in [-0.3, -0.25) is 0 Å². The summed E-state index contributed by atoms with van der Waals surface area (Å²) >= 11 is 0. The van der Waals surface area contributed by atoms with E-state index in [1.54, 1.807) is 0 Å². The van der Waals surface area contributed by atoms with Gasteiger partial charge >= 0.3 is 0 Å². The van der Waals surface area contributed by atoms with Crippen LogP contribution in [0, 0.1) is 11.6 Å². The third kappa shape index (κ3) is 3.70. The molecule has 0 aliphatic heterocycles. The van der Waals surface area contributed by atoms with Crippen molar-refractivity contribution < 1.29 is 27.4 Å². The summed E-state index contributed by atoms with van der Waals surface area (Å²) in [6.45, 7) is 0.124. The Bertz CT molecular complexity index is 531. The standard InChI is InChI=1S/C10H13F2NO4S/c1-10(15,6-14)5-13-18(16,17)7-2-3-8(11)9(12)4-7/h2-4,13-15H,5-6H2,1H3. The molecule has 1 aromatic rings. The highest BCUT2D eigenvalue weighted by atomic mass is 32.2. The van der Waals surface area contributed by atoms with Crippen LogP contribution in [0.2, 0.25) is 0 Å². The van der Waals surface area contributed by atoms with Crippen LogP contribution in [0.15, 0.2) is 23.1 Å². The van der Waals surface area contributed by atoms with Crippen LogP contribution < -0.4 is 4.72 Å². The van der Waals surface area contributed by atoms with E-state index in [0.717, 1.165) is 6.07 Å². The minimum atomic E-state index is -4.07. The van der Waals surface area contributed by atoms with Gasteiger partial charge in [0.25, 0.3) is 0 Å². The number of benzene rings is 1. The number of halogens is 2. The quantitative estimate of drug-likeness (QED) is 0.708. The molecule has 0 amide bonds. The van der Waals surface area contributed by atoms with E-state index >= 15 is 0 Å². The highest BCUT2D eigenvalue weighted by molar-refractivity contribution is 7.89. The zero-order valence-corrected chi connectivity index (χ0v) is 10.3. The molecule has 1 atom stereocenters. The smallest absolute Gasteiger partial charge is 0.240 e. The second-order valence-corrected chi connectivity index (χ2v) is 5.82. The molecule has 102 valence electrons. The number of hydrogen-bond donors (Lipinski definition) is 3. The van der Waals surface area contributed by atoms with E-state index in [4.69, 9.17) is 5.11 Å². The molecule has 1 unspecified atom stereocenters. The molecule has 1 rings (SSSR count). The molecule has 0 bridgehead atoms. The lowest BCUT2D eigenvalue weighted by Crippen LogP contribution is -2.43. The maximum Gasteiger partial charge on any atom is 0.240 e. The van der Waals surface area contributed by atoms with E-state index in [1.807, 2.05) is 4.72 Å². The molecule has 3 N–H and O–H groups in total. The molecule has 0 radical (unpaired) electrons. The van der Waals surface area contributed by atoms with E-state index in [2.05, 4.69) is 0 Å². The average molecular weight is 281 g/mol. The van der Waals surface area contributed by atoms with Crippen LogP contribution in [0.25, 0.3) is 0 Å². The van der Waals surface area contributed by atoms with E-state index < -0.39 is 45.3 Å². The molecule has 0 aliphatic rings. The number of nitrogens with one attached hydrogen (secondary N) is 1. The second kappa shape index (κ2) is 5.27. The third-order valence-corrected chi connectivity index (χ3v) is 3.58. The summed E-state index contributed by atoms with van der Waals surface area (Å²) < 4.78 is 50.9. The zero-order chi connectivity index (χ0) is 14.0. The summed E-state index contributed by atoms with van der Waals surface area (Å²) in [5.41, 5.74) is -1.63. The van der Waals surface area contributed by atoms with Gasteiger partial charge in [-0.25, -0.2) is 21.9 Å². The molecule has 0 aliphatic carbocycles. The molecule has 0 aromatic heterocycles. The van der Waals surface area contributed by atoms with Gasteiger partial charge in [-0.1, -0.05) is 0 Å². The predicted octanol–water partition coefficient (Wildman–Crippen LogP) is -0.0136. The highest BCUT2D eigenvalue weighted by Crippen LogP contribution is 2.14. The van der Waals surface area contributed by atoms with E-state index in [0.29, 0.717) is 12.1 Å². The van der Waals surface area contributed by atoms with Crippen molar-refractivity contribution in [2.24, 2.45) is 0 Å². The molecule has 1 aromatic carbocycles. The Morgan fingerprint density at radius 2 is 1.94 bits per heavy atom. The van der Waals surface area contributed by atoms with E-state index in [1.165, 1.54) is 6.92 Å². The Hall–Kier alpha value is -1.09. The van der Waals surface area contributed by atoms with Gasteiger partial charge in [0.2, 0.25) is 10.0 Å². The maximum absolute atomic E-state index is 12.9. The summed E-state index contributed by atoms with van der Waals surface area (Å²) in [5, 5.41) is 18.2. The number of hydrogen-bond acceptors (Lipinski definition) is 4. The molecule has 0 saturated carbocycles. The Morgan fingerprint density at radius 3 is 2.44 bits per heavy atom. The number of aliphatic hydroxyl groups is 2. The van der Waals surface area contributed by atoms with Crippen molar-refractivity contribution in [2.45, 2.75) is 17.4 Å². The van der Waals surface area contributed by atoms with E-state index in [-0.39, 0.29) is 0 Å². The normalized spacial score (nSPS) is 15.4. The first-order valence-corrected chi connectivity index (χ1v) is 6.44. The van der Waals surface area contributed by atoms with E-state index in [9.17, 15) is 22.3 Å². The Kier molecular flexibility index (Phi) is 4.38. The molecule has 0 spiro atoms. The number of aliphatic hydroxyl groups excluding tert-OH is 1. The SMILES string of the molecule is CC(O)(CO)CNS(=O)(=O)c1ccc(F)c(F)c1. The number of rotatable bonds is 5. The van der Waals surface area contributed by atoms with Crippen molar-refractivity contribution in [1.29, 1.82) is 0 Å². The third-order valence-electron chi connectivity index (χ3n) is 2.19. The Balaban J connectivity index is 2.90. The van der Waals surface area contributed by atoms with Crippen molar-refractivity contribution in [1.82, 2.24) is 4.72 Å². The molecule has 0 fully saturated rings. The zero-order valence-electron chi connectivity index (χ0n) is 9.52. The van der Waals surface area contributed by atoms with Gasteiger partial charge in [0.1, 0.15) is 0 Å². The lowest BCUT2D eigenvalue weighted by atomic mass is 10.1.